The molecule has 0 aliphatic heterocycles. The van der Waals surface area contributed by atoms with E-state index >= 15 is 0 Å². The third-order valence-corrected chi connectivity index (χ3v) is 8.03. The number of hydrogen-bond donors (Lipinski definition) is 0. The second kappa shape index (κ2) is 16.6. The van der Waals surface area contributed by atoms with Crippen LogP contribution in [0.3, 0.4) is 0 Å². The molecule has 6 aromatic rings. The fourth-order valence-electron chi connectivity index (χ4n) is 3.65. The minimum atomic E-state index is -3.89. The van der Waals surface area contributed by atoms with E-state index in [0.29, 0.717) is 34.5 Å². The van der Waals surface area contributed by atoms with Gasteiger partial charge in [0.25, 0.3) is 0 Å². The largest absolute Gasteiger partial charge is 0.647 e. The molecular formula is C36H30O7P2. The molecule has 7 nitrogen and oxygen atoms in total. The topological polar surface area (TPSA) is 72.5 Å². The van der Waals surface area contributed by atoms with E-state index in [0.717, 1.165) is 0 Å². The van der Waals surface area contributed by atoms with Gasteiger partial charge in [-0.2, -0.15) is 4.57 Å². The lowest BCUT2D eigenvalue weighted by molar-refractivity contribution is 0.298. The Morgan fingerprint density at radius 1 is 0.311 bits per heavy atom. The van der Waals surface area contributed by atoms with Crippen LogP contribution in [0.5, 0.6) is 34.5 Å². The van der Waals surface area contributed by atoms with Crippen LogP contribution in [0.1, 0.15) is 0 Å². The molecule has 0 aromatic heterocycles. The fourth-order valence-corrected chi connectivity index (χ4v) is 5.89. The molecule has 0 aliphatic carbocycles. The number of phosphoric ester groups is 1. The standard InChI is InChI=1S/C18H15O4P.C18H15O3P/c19-23(20-16-10-4-1-5-11-16,21-17-12-6-2-7-13-17)22-18-14-8-3-9-15-18;1-4-10-16(11-5-1)19-22(20-17-12-6-2-7-13-17)21-18-14-8-3-9-15-18/h1-15H;1-15H. The van der Waals surface area contributed by atoms with Crippen LogP contribution in [0.2, 0.25) is 0 Å². The average molecular weight is 637 g/mol. The van der Waals surface area contributed by atoms with Crippen molar-refractivity contribution in [3.63, 3.8) is 0 Å². The molecular weight excluding hydrogens is 606 g/mol. The van der Waals surface area contributed by atoms with Gasteiger partial charge < -0.3 is 27.1 Å². The van der Waals surface area contributed by atoms with Crippen molar-refractivity contribution < 1.29 is 31.7 Å². The Morgan fingerprint density at radius 3 is 0.733 bits per heavy atom. The van der Waals surface area contributed by atoms with Gasteiger partial charge in [-0.1, -0.05) is 109 Å². The van der Waals surface area contributed by atoms with Crippen molar-refractivity contribution in [2.75, 3.05) is 0 Å². The first kappa shape index (κ1) is 31.2. The van der Waals surface area contributed by atoms with E-state index in [1.165, 1.54) is 0 Å². The number of benzene rings is 6. The molecule has 9 heteroatoms. The molecule has 0 saturated carbocycles. The molecule has 226 valence electrons. The van der Waals surface area contributed by atoms with Crippen LogP contribution in [0, 0.1) is 0 Å². The van der Waals surface area contributed by atoms with Gasteiger partial charge in [0.05, 0.1) is 0 Å². The summed E-state index contributed by atoms with van der Waals surface area (Å²) in [6.45, 7) is 0. The van der Waals surface area contributed by atoms with Crippen LogP contribution < -0.4 is 27.1 Å². The van der Waals surface area contributed by atoms with Crippen molar-refractivity contribution in [3.05, 3.63) is 182 Å². The van der Waals surface area contributed by atoms with Gasteiger partial charge in [-0.3, -0.25) is 0 Å². The first-order valence-corrected chi connectivity index (χ1v) is 16.5. The Morgan fingerprint density at radius 2 is 0.511 bits per heavy atom. The maximum absolute atomic E-state index is 13.1. The molecule has 0 unspecified atom stereocenters. The molecule has 6 rings (SSSR count). The summed E-state index contributed by atoms with van der Waals surface area (Å²) in [4.78, 5) is 0. The highest BCUT2D eigenvalue weighted by Gasteiger charge is 2.33. The van der Waals surface area contributed by atoms with Crippen molar-refractivity contribution in [3.8, 4) is 34.5 Å². The van der Waals surface area contributed by atoms with Crippen LogP contribution in [-0.4, -0.2) is 0 Å². The Labute approximate surface area is 264 Å². The van der Waals surface area contributed by atoms with Gasteiger partial charge in [0.2, 0.25) is 0 Å². The van der Waals surface area contributed by atoms with Gasteiger partial charge >= 0.3 is 16.4 Å². The zero-order chi connectivity index (χ0) is 31.0. The average Bonchev–Trinajstić information content (AvgIpc) is 3.08. The molecule has 0 aliphatic rings. The van der Waals surface area contributed by atoms with E-state index in [1.807, 2.05) is 109 Å². The zero-order valence-electron chi connectivity index (χ0n) is 24.1. The summed E-state index contributed by atoms with van der Waals surface area (Å²) in [5, 5.41) is 0. The third kappa shape index (κ3) is 10.8. The van der Waals surface area contributed by atoms with E-state index in [1.54, 1.807) is 72.8 Å². The highest BCUT2D eigenvalue weighted by atomic mass is 31.2. The summed E-state index contributed by atoms with van der Waals surface area (Å²) < 4.78 is 47.1. The van der Waals surface area contributed by atoms with Gasteiger partial charge in [-0.05, 0) is 72.8 Å². The predicted octanol–water partition coefficient (Wildman–Crippen LogP) is 10.8. The van der Waals surface area contributed by atoms with E-state index in [9.17, 15) is 4.57 Å². The highest BCUT2D eigenvalue weighted by Crippen LogP contribution is 2.49. The molecule has 0 N–H and O–H groups in total. The molecule has 0 spiro atoms. The zero-order valence-corrected chi connectivity index (χ0v) is 25.9. The molecule has 0 radical (unpaired) electrons. The summed E-state index contributed by atoms with van der Waals surface area (Å²) >= 11 is 0. The molecule has 0 fully saturated rings. The van der Waals surface area contributed by atoms with Crippen LogP contribution in [0.15, 0.2) is 182 Å². The smallest absolute Gasteiger partial charge is 0.409 e. The van der Waals surface area contributed by atoms with Gasteiger partial charge in [0, 0.05) is 0 Å². The lowest BCUT2D eigenvalue weighted by atomic mass is 10.3. The molecule has 6 aromatic carbocycles. The van der Waals surface area contributed by atoms with Gasteiger partial charge in [-0.15, -0.1) is 0 Å². The van der Waals surface area contributed by atoms with Gasteiger partial charge in [-0.25, -0.2) is 0 Å². The summed E-state index contributed by atoms with van der Waals surface area (Å²) in [6.07, 6.45) is 0. The van der Waals surface area contributed by atoms with Crippen molar-refractivity contribution in [1.29, 1.82) is 0 Å². The lowest BCUT2D eigenvalue weighted by Gasteiger charge is -2.19. The minimum Gasteiger partial charge on any atom is -0.409 e. The second-order valence-electron chi connectivity index (χ2n) is 9.10. The van der Waals surface area contributed by atoms with Crippen molar-refractivity contribution in [2.45, 2.75) is 0 Å². The summed E-state index contributed by atoms with van der Waals surface area (Å²) in [5.74, 6) is 3.34. The normalized spacial score (nSPS) is 10.5. The minimum absolute atomic E-state index is 0.405. The summed E-state index contributed by atoms with van der Waals surface area (Å²) in [7, 11) is -5.47. The number of hydrogen-bond acceptors (Lipinski definition) is 7. The number of phosphoric acid groups is 1. The monoisotopic (exact) mass is 636 g/mol. The van der Waals surface area contributed by atoms with Crippen LogP contribution in [-0.2, 0) is 4.57 Å². The second-order valence-corrected chi connectivity index (χ2v) is 11.5. The SMILES string of the molecule is O=P(Oc1ccccc1)(Oc1ccccc1)Oc1ccccc1.c1ccc(OP(Oc2ccccc2)Oc2ccccc2)cc1. The van der Waals surface area contributed by atoms with Crippen LogP contribution in [0.25, 0.3) is 0 Å². The summed E-state index contributed by atoms with van der Waals surface area (Å²) in [6, 6.07) is 54.9. The quantitative estimate of drug-likeness (QED) is 0.124. The Hall–Kier alpha value is -5.22. The van der Waals surface area contributed by atoms with Crippen LogP contribution in [0.4, 0.5) is 0 Å². The molecule has 0 atom stereocenters. The highest BCUT2D eigenvalue weighted by molar-refractivity contribution is 7.49. The maximum Gasteiger partial charge on any atom is 0.647 e. The number of rotatable bonds is 12. The Balaban J connectivity index is 0.000000178. The molecule has 0 heterocycles. The Kier molecular flexibility index (Phi) is 11.5. The third-order valence-electron chi connectivity index (χ3n) is 5.65. The van der Waals surface area contributed by atoms with E-state index in [-0.39, 0.29) is 0 Å². The van der Waals surface area contributed by atoms with E-state index in [2.05, 4.69) is 0 Å². The molecule has 0 bridgehead atoms. The van der Waals surface area contributed by atoms with Crippen molar-refractivity contribution >= 4 is 16.4 Å². The fraction of sp³-hybridized carbons (Fsp3) is 0. The Bertz CT molecular complexity index is 1510. The first-order valence-electron chi connectivity index (χ1n) is 14.0. The first-order chi connectivity index (χ1) is 22.1. The van der Waals surface area contributed by atoms with Gasteiger partial charge in [0.15, 0.2) is 0 Å². The van der Waals surface area contributed by atoms with E-state index < -0.39 is 16.4 Å². The molecule has 0 saturated heterocycles. The molecule has 45 heavy (non-hydrogen) atoms. The van der Waals surface area contributed by atoms with Crippen molar-refractivity contribution in [2.24, 2.45) is 0 Å². The lowest BCUT2D eigenvalue weighted by Crippen LogP contribution is -2.07. The van der Waals surface area contributed by atoms with Crippen LogP contribution >= 0.6 is 16.4 Å². The van der Waals surface area contributed by atoms with E-state index in [4.69, 9.17) is 27.1 Å². The molecule has 0 amide bonds. The van der Waals surface area contributed by atoms with Gasteiger partial charge in [0.1, 0.15) is 34.5 Å². The van der Waals surface area contributed by atoms with Crippen molar-refractivity contribution in [1.82, 2.24) is 0 Å². The summed E-state index contributed by atoms with van der Waals surface area (Å²) in [5.41, 5.74) is 0. The maximum atomic E-state index is 13.1. The predicted molar refractivity (Wildman–Crippen MR) is 177 cm³/mol. The number of para-hydroxylation sites is 6.